The minimum absolute atomic E-state index is 0.0410. The molecule has 0 aromatic rings. The minimum Gasteiger partial charge on any atom is -0.506 e. The molecule has 0 heterocycles. The molecule has 0 fully saturated rings. The predicted octanol–water partition coefficient (Wildman–Crippen LogP) is 3.08. The van der Waals surface area contributed by atoms with Crippen LogP contribution in [0.2, 0.25) is 0 Å². The van der Waals surface area contributed by atoms with E-state index in [4.69, 9.17) is 0 Å². The molecule has 0 atom stereocenters. The Kier molecular flexibility index (Phi) is 4.34. The molecule has 0 bridgehead atoms. The Hall–Kier alpha value is -1.05. The fourth-order valence-corrected chi connectivity index (χ4v) is 0.806. The highest BCUT2D eigenvalue weighted by molar-refractivity contribution is 5.57. The van der Waals surface area contributed by atoms with Crippen LogP contribution in [-0.4, -0.2) is 11.3 Å². The normalized spacial score (nSPS) is 13.8. The average Bonchev–Trinajstić information content (AvgIpc) is 1.98. The Morgan fingerprint density at radius 1 is 1.50 bits per heavy atom. The molecule has 0 saturated carbocycles. The van der Waals surface area contributed by atoms with Gasteiger partial charge in [-0.2, -0.15) is 0 Å². The van der Waals surface area contributed by atoms with Gasteiger partial charge in [0.2, 0.25) is 0 Å². The SMILES string of the molecule is C=C(O)/C(N=CC)=C(/C)C(C)C. The van der Waals surface area contributed by atoms with Crippen molar-refractivity contribution in [1.29, 1.82) is 0 Å². The fourth-order valence-electron chi connectivity index (χ4n) is 0.806. The zero-order valence-corrected chi connectivity index (χ0v) is 8.26. The Morgan fingerprint density at radius 3 is 2.25 bits per heavy atom. The van der Waals surface area contributed by atoms with Crippen LogP contribution in [0.15, 0.2) is 28.6 Å². The lowest BCUT2D eigenvalue weighted by Gasteiger charge is -2.09. The average molecular weight is 167 g/mol. The summed E-state index contributed by atoms with van der Waals surface area (Å²) in [5.74, 6) is 0.423. The van der Waals surface area contributed by atoms with Gasteiger partial charge < -0.3 is 5.11 Å². The van der Waals surface area contributed by atoms with Crippen molar-refractivity contribution in [2.75, 3.05) is 0 Å². The molecule has 0 unspecified atom stereocenters. The summed E-state index contributed by atoms with van der Waals surface area (Å²) in [5, 5.41) is 9.20. The number of aliphatic imine (C=N–C) groups is 1. The Morgan fingerprint density at radius 2 is 2.00 bits per heavy atom. The molecule has 0 rings (SSSR count). The third-order valence-electron chi connectivity index (χ3n) is 1.77. The number of nitrogens with zero attached hydrogens (tertiary/aromatic N) is 1. The smallest absolute Gasteiger partial charge is 0.133 e. The van der Waals surface area contributed by atoms with Gasteiger partial charge >= 0.3 is 0 Å². The van der Waals surface area contributed by atoms with Crippen LogP contribution in [0.4, 0.5) is 0 Å². The van der Waals surface area contributed by atoms with Crippen molar-refractivity contribution >= 4 is 6.21 Å². The summed E-state index contributed by atoms with van der Waals surface area (Å²) in [5.41, 5.74) is 1.66. The molecule has 68 valence electrons. The molecule has 0 aliphatic heterocycles. The molecule has 2 heteroatoms. The van der Waals surface area contributed by atoms with Gasteiger partial charge in [0, 0.05) is 6.21 Å². The lowest BCUT2D eigenvalue weighted by molar-refractivity contribution is 0.422. The van der Waals surface area contributed by atoms with Crippen LogP contribution < -0.4 is 0 Å². The zero-order valence-electron chi connectivity index (χ0n) is 8.26. The van der Waals surface area contributed by atoms with E-state index in [0.29, 0.717) is 11.6 Å². The highest BCUT2D eigenvalue weighted by atomic mass is 16.3. The number of hydrogen-bond acceptors (Lipinski definition) is 2. The molecule has 2 nitrogen and oxygen atoms in total. The Bertz CT molecular complexity index is 224. The lowest BCUT2D eigenvalue weighted by atomic mass is 10.0. The first-order valence-electron chi connectivity index (χ1n) is 4.08. The molecule has 1 N–H and O–H groups in total. The summed E-state index contributed by atoms with van der Waals surface area (Å²) in [6.07, 6.45) is 1.66. The molecule has 0 radical (unpaired) electrons. The Labute approximate surface area is 74.3 Å². The summed E-state index contributed by atoms with van der Waals surface area (Å²) in [4.78, 5) is 4.05. The molecular weight excluding hydrogens is 150 g/mol. The van der Waals surface area contributed by atoms with E-state index in [0.717, 1.165) is 5.57 Å². The summed E-state index contributed by atoms with van der Waals surface area (Å²) >= 11 is 0. The molecular formula is C10H17NO. The van der Waals surface area contributed by atoms with Crippen molar-refractivity contribution in [1.82, 2.24) is 0 Å². The van der Waals surface area contributed by atoms with Gasteiger partial charge in [-0.05, 0) is 25.3 Å². The van der Waals surface area contributed by atoms with Crippen molar-refractivity contribution in [3.05, 3.63) is 23.6 Å². The van der Waals surface area contributed by atoms with Crippen molar-refractivity contribution in [2.24, 2.45) is 10.9 Å². The van der Waals surface area contributed by atoms with Crippen LogP contribution in [0.3, 0.4) is 0 Å². The number of aliphatic hydroxyl groups is 1. The van der Waals surface area contributed by atoms with E-state index in [2.05, 4.69) is 25.4 Å². The van der Waals surface area contributed by atoms with Crippen LogP contribution in [0, 0.1) is 5.92 Å². The minimum atomic E-state index is 0.0410. The molecule has 0 amide bonds. The monoisotopic (exact) mass is 167 g/mol. The van der Waals surface area contributed by atoms with Crippen LogP contribution in [0.1, 0.15) is 27.7 Å². The number of hydrogen-bond donors (Lipinski definition) is 1. The molecule has 0 spiro atoms. The fraction of sp³-hybridized carbons (Fsp3) is 0.500. The zero-order chi connectivity index (χ0) is 9.72. The van der Waals surface area contributed by atoms with E-state index < -0.39 is 0 Å². The second-order valence-electron chi connectivity index (χ2n) is 3.02. The van der Waals surface area contributed by atoms with E-state index in [-0.39, 0.29) is 5.76 Å². The quantitative estimate of drug-likeness (QED) is 0.391. The second kappa shape index (κ2) is 4.75. The van der Waals surface area contributed by atoms with E-state index in [1.54, 1.807) is 6.21 Å². The first kappa shape index (κ1) is 11.0. The summed E-state index contributed by atoms with van der Waals surface area (Å²) in [6.45, 7) is 11.3. The summed E-state index contributed by atoms with van der Waals surface area (Å²) in [6, 6.07) is 0. The second-order valence-corrected chi connectivity index (χ2v) is 3.02. The maximum Gasteiger partial charge on any atom is 0.133 e. The van der Waals surface area contributed by atoms with Crippen molar-refractivity contribution in [3.63, 3.8) is 0 Å². The van der Waals surface area contributed by atoms with Gasteiger partial charge in [0.25, 0.3) is 0 Å². The van der Waals surface area contributed by atoms with Crippen molar-refractivity contribution in [3.8, 4) is 0 Å². The maximum absolute atomic E-state index is 9.20. The molecule has 0 saturated heterocycles. The largest absolute Gasteiger partial charge is 0.506 e. The summed E-state index contributed by atoms with van der Waals surface area (Å²) in [7, 11) is 0. The van der Waals surface area contributed by atoms with Gasteiger partial charge in [0.15, 0.2) is 0 Å². The number of allylic oxidation sites excluding steroid dienone is 1. The van der Waals surface area contributed by atoms with E-state index in [1.165, 1.54) is 0 Å². The molecule has 12 heavy (non-hydrogen) atoms. The van der Waals surface area contributed by atoms with E-state index in [9.17, 15) is 5.11 Å². The third-order valence-corrected chi connectivity index (χ3v) is 1.77. The topological polar surface area (TPSA) is 32.6 Å². The standard InChI is InChI=1S/C10H17NO/c1-6-11-10(9(5)12)8(4)7(2)3/h6-7,12H,5H2,1-4H3/b10-8+,11-6?. The predicted molar refractivity (Wildman–Crippen MR) is 53.5 cm³/mol. The highest BCUT2D eigenvalue weighted by Gasteiger charge is 2.06. The van der Waals surface area contributed by atoms with Crippen LogP contribution in [0.25, 0.3) is 0 Å². The molecule has 0 aliphatic carbocycles. The summed E-state index contributed by atoms with van der Waals surface area (Å²) < 4.78 is 0. The van der Waals surface area contributed by atoms with Gasteiger partial charge in [-0.15, -0.1) is 0 Å². The maximum atomic E-state index is 9.20. The molecule has 0 aromatic heterocycles. The van der Waals surface area contributed by atoms with Gasteiger partial charge in [0.1, 0.15) is 11.5 Å². The van der Waals surface area contributed by atoms with Gasteiger partial charge in [-0.1, -0.05) is 20.4 Å². The lowest BCUT2D eigenvalue weighted by Crippen LogP contribution is -1.96. The van der Waals surface area contributed by atoms with Crippen LogP contribution >= 0.6 is 0 Å². The van der Waals surface area contributed by atoms with Crippen molar-refractivity contribution < 1.29 is 5.11 Å². The van der Waals surface area contributed by atoms with Gasteiger partial charge in [0.05, 0.1) is 0 Å². The highest BCUT2D eigenvalue weighted by Crippen LogP contribution is 2.18. The van der Waals surface area contributed by atoms with E-state index in [1.807, 2.05) is 13.8 Å². The van der Waals surface area contributed by atoms with Crippen LogP contribution in [0.5, 0.6) is 0 Å². The molecule has 0 aromatic carbocycles. The van der Waals surface area contributed by atoms with Crippen molar-refractivity contribution in [2.45, 2.75) is 27.7 Å². The number of aliphatic hydroxyl groups excluding tert-OH is 1. The van der Waals surface area contributed by atoms with E-state index >= 15 is 0 Å². The first-order valence-corrected chi connectivity index (χ1v) is 4.08. The Balaban J connectivity index is 4.93. The van der Waals surface area contributed by atoms with Gasteiger partial charge in [-0.3, -0.25) is 4.99 Å². The number of rotatable bonds is 3. The van der Waals surface area contributed by atoms with Crippen LogP contribution in [-0.2, 0) is 0 Å². The molecule has 0 aliphatic rings. The van der Waals surface area contributed by atoms with Gasteiger partial charge in [-0.25, -0.2) is 0 Å². The first-order chi connectivity index (χ1) is 5.50. The third kappa shape index (κ3) is 2.91.